The Morgan fingerprint density at radius 1 is 1.15 bits per heavy atom. The van der Waals surface area contributed by atoms with Gasteiger partial charge < -0.3 is 10.2 Å². The van der Waals surface area contributed by atoms with Crippen molar-refractivity contribution in [2.24, 2.45) is 5.92 Å². The third-order valence-electron chi connectivity index (χ3n) is 4.97. The van der Waals surface area contributed by atoms with Gasteiger partial charge in [0.1, 0.15) is 0 Å². The van der Waals surface area contributed by atoms with E-state index in [1.165, 1.54) is 5.56 Å². The van der Waals surface area contributed by atoms with Crippen LogP contribution >= 0.6 is 0 Å². The number of rotatable bonds is 4. The lowest BCUT2D eigenvalue weighted by Gasteiger charge is -2.32. The van der Waals surface area contributed by atoms with Crippen molar-refractivity contribution in [1.82, 2.24) is 4.90 Å². The van der Waals surface area contributed by atoms with Gasteiger partial charge in [0.05, 0.1) is 5.92 Å². The number of aryl methyl sites for hydroxylation is 2. The van der Waals surface area contributed by atoms with Crippen LogP contribution in [0.2, 0.25) is 0 Å². The molecule has 1 saturated heterocycles. The van der Waals surface area contributed by atoms with E-state index in [0.29, 0.717) is 18.7 Å². The van der Waals surface area contributed by atoms with Crippen molar-refractivity contribution in [1.29, 1.82) is 0 Å². The predicted molar refractivity (Wildman–Crippen MR) is 104 cm³/mol. The van der Waals surface area contributed by atoms with Gasteiger partial charge in [0.15, 0.2) is 0 Å². The summed E-state index contributed by atoms with van der Waals surface area (Å²) in [6.45, 7) is 5.27. The van der Waals surface area contributed by atoms with Crippen molar-refractivity contribution >= 4 is 17.5 Å². The van der Waals surface area contributed by atoms with Gasteiger partial charge in [-0.15, -0.1) is 0 Å². The van der Waals surface area contributed by atoms with Crippen molar-refractivity contribution in [3.8, 4) is 0 Å². The van der Waals surface area contributed by atoms with Gasteiger partial charge in [0, 0.05) is 24.3 Å². The molecule has 0 aliphatic carbocycles. The van der Waals surface area contributed by atoms with Gasteiger partial charge in [-0.1, -0.05) is 36.8 Å². The average Bonchev–Trinajstić information content (AvgIpc) is 2.68. The normalized spacial score (nSPS) is 17.0. The first-order valence-electron chi connectivity index (χ1n) is 9.32. The van der Waals surface area contributed by atoms with E-state index in [1.807, 2.05) is 60.4 Å². The molecule has 2 aromatic carbocycles. The Labute approximate surface area is 155 Å². The highest BCUT2D eigenvalue weighted by atomic mass is 16.2. The number of anilines is 1. The summed E-state index contributed by atoms with van der Waals surface area (Å²) in [5.41, 5.74) is 3.82. The molecule has 2 amide bonds. The number of carbonyl (C=O) groups is 2. The average molecular weight is 350 g/mol. The van der Waals surface area contributed by atoms with Gasteiger partial charge in [0.25, 0.3) is 5.91 Å². The Morgan fingerprint density at radius 2 is 1.92 bits per heavy atom. The first-order valence-corrected chi connectivity index (χ1v) is 9.32. The topological polar surface area (TPSA) is 49.4 Å². The zero-order valence-electron chi connectivity index (χ0n) is 15.5. The van der Waals surface area contributed by atoms with Crippen molar-refractivity contribution in [2.75, 3.05) is 18.4 Å². The highest BCUT2D eigenvalue weighted by Crippen LogP contribution is 2.21. The summed E-state index contributed by atoms with van der Waals surface area (Å²) in [6, 6.07) is 15.6. The number of carbonyl (C=O) groups excluding carboxylic acids is 2. The third kappa shape index (κ3) is 4.31. The lowest BCUT2D eigenvalue weighted by molar-refractivity contribution is -0.121. The van der Waals surface area contributed by atoms with Crippen LogP contribution in [0.5, 0.6) is 0 Å². The minimum atomic E-state index is -0.164. The maximum absolute atomic E-state index is 12.7. The SMILES string of the molecule is CCc1ccc(NC(=O)[C@H]2CCCN(C(=O)c3cccc(C)c3)C2)cc1. The molecule has 1 heterocycles. The number of benzene rings is 2. The molecule has 0 spiro atoms. The molecule has 0 unspecified atom stereocenters. The fourth-order valence-corrected chi connectivity index (χ4v) is 3.40. The van der Waals surface area contributed by atoms with Crippen LogP contribution in [0.3, 0.4) is 0 Å². The Kier molecular flexibility index (Phi) is 5.71. The number of piperidine rings is 1. The van der Waals surface area contributed by atoms with Crippen LogP contribution in [-0.4, -0.2) is 29.8 Å². The molecule has 0 aromatic heterocycles. The summed E-state index contributed by atoms with van der Waals surface area (Å²) in [6.07, 6.45) is 2.65. The van der Waals surface area contributed by atoms with Gasteiger partial charge >= 0.3 is 0 Å². The van der Waals surface area contributed by atoms with Crippen molar-refractivity contribution in [2.45, 2.75) is 33.1 Å². The van der Waals surface area contributed by atoms with E-state index in [1.54, 1.807) is 0 Å². The largest absolute Gasteiger partial charge is 0.338 e. The zero-order chi connectivity index (χ0) is 18.5. The molecule has 2 aromatic rings. The van der Waals surface area contributed by atoms with E-state index in [9.17, 15) is 9.59 Å². The number of likely N-dealkylation sites (tertiary alicyclic amines) is 1. The molecule has 1 N–H and O–H groups in total. The van der Waals surface area contributed by atoms with Crippen LogP contribution in [0.15, 0.2) is 48.5 Å². The molecule has 136 valence electrons. The molecular formula is C22H26N2O2. The van der Waals surface area contributed by atoms with Crippen LogP contribution in [-0.2, 0) is 11.2 Å². The van der Waals surface area contributed by atoms with E-state index in [-0.39, 0.29) is 17.7 Å². The van der Waals surface area contributed by atoms with Crippen molar-refractivity contribution < 1.29 is 9.59 Å². The molecule has 0 radical (unpaired) electrons. The summed E-state index contributed by atoms with van der Waals surface area (Å²) in [5, 5.41) is 2.99. The molecule has 26 heavy (non-hydrogen) atoms. The molecule has 1 atom stereocenters. The van der Waals surface area contributed by atoms with Crippen LogP contribution < -0.4 is 5.32 Å². The van der Waals surface area contributed by atoms with Gasteiger partial charge in [-0.2, -0.15) is 0 Å². The van der Waals surface area contributed by atoms with Crippen molar-refractivity contribution in [3.05, 3.63) is 65.2 Å². The molecule has 4 nitrogen and oxygen atoms in total. The second kappa shape index (κ2) is 8.17. The predicted octanol–water partition coefficient (Wildman–Crippen LogP) is 4.05. The highest BCUT2D eigenvalue weighted by molar-refractivity contribution is 5.96. The van der Waals surface area contributed by atoms with E-state index in [4.69, 9.17) is 0 Å². The smallest absolute Gasteiger partial charge is 0.253 e. The second-order valence-corrected chi connectivity index (χ2v) is 7.00. The molecule has 1 aliphatic rings. The number of hydrogen-bond donors (Lipinski definition) is 1. The Morgan fingerprint density at radius 3 is 2.62 bits per heavy atom. The molecule has 1 aliphatic heterocycles. The lowest BCUT2D eigenvalue weighted by atomic mass is 9.96. The van der Waals surface area contributed by atoms with Gasteiger partial charge in [-0.25, -0.2) is 0 Å². The Bertz CT molecular complexity index is 783. The first-order chi connectivity index (χ1) is 12.6. The second-order valence-electron chi connectivity index (χ2n) is 7.00. The fraction of sp³-hybridized carbons (Fsp3) is 0.364. The van der Waals surface area contributed by atoms with Crippen LogP contribution in [0.25, 0.3) is 0 Å². The van der Waals surface area contributed by atoms with E-state index in [2.05, 4.69) is 12.2 Å². The van der Waals surface area contributed by atoms with Crippen LogP contribution in [0.1, 0.15) is 41.3 Å². The number of nitrogens with zero attached hydrogens (tertiary/aromatic N) is 1. The fourth-order valence-electron chi connectivity index (χ4n) is 3.40. The van der Waals surface area contributed by atoms with E-state index < -0.39 is 0 Å². The lowest BCUT2D eigenvalue weighted by Crippen LogP contribution is -2.43. The molecular weight excluding hydrogens is 324 g/mol. The quantitative estimate of drug-likeness (QED) is 0.904. The maximum Gasteiger partial charge on any atom is 0.253 e. The van der Waals surface area contributed by atoms with Gasteiger partial charge in [-0.05, 0) is 56.0 Å². The highest BCUT2D eigenvalue weighted by Gasteiger charge is 2.29. The molecule has 0 saturated carbocycles. The molecule has 1 fully saturated rings. The molecule has 4 heteroatoms. The summed E-state index contributed by atoms with van der Waals surface area (Å²) in [5.74, 6) is -0.155. The zero-order valence-corrected chi connectivity index (χ0v) is 15.5. The Hall–Kier alpha value is -2.62. The number of nitrogens with one attached hydrogen (secondary N) is 1. The number of amides is 2. The third-order valence-corrected chi connectivity index (χ3v) is 4.97. The van der Waals surface area contributed by atoms with E-state index in [0.717, 1.165) is 30.5 Å². The van der Waals surface area contributed by atoms with E-state index >= 15 is 0 Å². The summed E-state index contributed by atoms with van der Waals surface area (Å²) in [4.78, 5) is 27.2. The number of hydrogen-bond acceptors (Lipinski definition) is 2. The van der Waals surface area contributed by atoms with Gasteiger partial charge in [-0.3, -0.25) is 9.59 Å². The summed E-state index contributed by atoms with van der Waals surface area (Å²) in [7, 11) is 0. The first kappa shape index (κ1) is 18.2. The summed E-state index contributed by atoms with van der Waals surface area (Å²) >= 11 is 0. The minimum absolute atomic E-state index is 0.00371. The minimum Gasteiger partial charge on any atom is -0.338 e. The van der Waals surface area contributed by atoms with Crippen LogP contribution in [0, 0.1) is 12.8 Å². The molecule has 0 bridgehead atoms. The van der Waals surface area contributed by atoms with Crippen LogP contribution in [0.4, 0.5) is 5.69 Å². The summed E-state index contributed by atoms with van der Waals surface area (Å²) < 4.78 is 0. The standard InChI is InChI=1S/C22H26N2O2/c1-3-17-9-11-20(12-10-17)23-21(25)19-8-5-13-24(15-19)22(26)18-7-4-6-16(2)14-18/h4,6-7,9-12,14,19H,3,5,8,13,15H2,1-2H3,(H,23,25)/t19-/m0/s1. The van der Waals surface area contributed by atoms with Crippen molar-refractivity contribution in [3.63, 3.8) is 0 Å². The van der Waals surface area contributed by atoms with Gasteiger partial charge in [0.2, 0.25) is 5.91 Å². The monoisotopic (exact) mass is 350 g/mol. The maximum atomic E-state index is 12.7. The Balaban J connectivity index is 1.63. The molecule has 3 rings (SSSR count).